The van der Waals surface area contributed by atoms with Gasteiger partial charge in [0.1, 0.15) is 0 Å². The maximum Gasteiger partial charge on any atom is 0.286 e. The molecule has 2 heterocycles. The Morgan fingerprint density at radius 2 is 1.43 bits per heavy atom. The minimum absolute atomic E-state index is 0.0355. The summed E-state index contributed by atoms with van der Waals surface area (Å²) in [6.07, 6.45) is 4.31. The van der Waals surface area contributed by atoms with E-state index in [0.29, 0.717) is 20.5 Å². The number of likely N-dealkylation sites (tertiary alicyclic amines) is 1. The van der Waals surface area contributed by atoms with Gasteiger partial charge >= 0.3 is 0 Å². The summed E-state index contributed by atoms with van der Waals surface area (Å²) in [5.74, 6) is -0.295. The SMILES string of the molecule is O=C1N=C(N2CCCC2)S/C1=C(\C=C(/CC(=O)c1ccc(Cl)cc1)c1ccccc1)c1ccc(Cl)cc1. The Morgan fingerprint density at radius 3 is 2.05 bits per heavy atom. The molecule has 37 heavy (non-hydrogen) atoms. The number of benzene rings is 3. The van der Waals surface area contributed by atoms with Crippen molar-refractivity contribution in [1.82, 2.24) is 4.90 Å². The van der Waals surface area contributed by atoms with Crippen LogP contribution < -0.4 is 0 Å². The molecule has 0 aromatic heterocycles. The third-order valence-electron chi connectivity index (χ3n) is 6.34. The summed E-state index contributed by atoms with van der Waals surface area (Å²) < 4.78 is 0. The van der Waals surface area contributed by atoms with Gasteiger partial charge < -0.3 is 4.90 Å². The lowest BCUT2D eigenvalue weighted by molar-refractivity contribution is -0.113. The average Bonchev–Trinajstić information content (AvgIpc) is 3.58. The van der Waals surface area contributed by atoms with Crippen molar-refractivity contribution in [2.75, 3.05) is 13.1 Å². The molecule has 1 fully saturated rings. The largest absolute Gasteiger partial charge is 0.351 e. The van der Waals surface area contributed by atoms with Gasteiger partial charge in [-0.15, -0.1) is 0 Å². The van der Waals surface area contributed by atoms with Gasteiger partial charge in [-0.1, -0.05) is 65.7 Å². The van der Waals surface area contributed by atoms with Gasteiger partial charge in [0.25, 0.3) is 5.91 Å². The molecule has 2 aliphatic heterocycles. The van der Waals surface area contributed by atoms with E-state index in [1.165, 1.54) is 11.8 Å². The number of Topliss-reactive ketones (excluding diaryl/α,β-unsaturated/α-hetero) is 1. The lowest BCUT2D eigenvalue weighted by Crippen LogP contribution is -2.23. The van der Waals surface area contributed by atoms with Crippen LogP contribution in [-0.2, 0) is 4.79 Å². The van der Waals surface area contributed by atoms with Gasteiger partial charge in [-0.3, -0.25) is 9.59 Å². The van der Waals surface area contributed by atoms with Crippen molar-refractivity contribution in [2.24, 2.45) is 4.99 Å². The molecule has 1 amide bonds. The first kappa shape index (κ1) is 25.5. The summed E-state index contributed by atoms with van der Waals surface area (Å²) in [6.45, 7) is 1.81. The highest BCUT2D eigenvalue weighted by Crippen LogP contribution is 2.38. The Kier molecular flexibility index (Phi) is 7.94. The molecule has 4 nitrogen and oxygen atoms in total. The number of aliphatic imine (C=N–C) groups is 1. The van der Waals surface area contributed by atoms with Crippen molar-refractivity contribution in [3.8, 4) is 0 Å². The lowest BCUT2D eigenvalue weighted by atomic mass is 9.93. The quantitative estimate of drug-likeness (QED) is 0.234. The van der Waals surface area contributed by atoms with Crippen molar-refractivity contribution in [2.45, 2.75) is 19.3 Å². The summed E-state index contributed by atoms with van der Waals surface area (Å²) in [6, 6.07) is 24.1. The second kappa shape index (κ2) is 11.5. The van der Waals surface area contributed by atoms with Crippen LogP contribution in [-0.4, -0.2) is 34.8 Å². The highest BCUT2D eigenvalue weighted by Gasteiger charge is 2.30. The summed E-state index contributed by atoms with van der Waals surface area (Å²) in [4.78, 5) is 33.6. The molecule has 0 unspecified atom stereocenters. The fourth-order valence-electron chi connectivity index (χ4n) is 4.39. The molecule has 0 radical (unpaired) electrons. The Labute approximate surface area is 230 Å². The Balaban J connectivity index is 1.59. The Bertz CT molecular complexity index is 1410. The van der Waals surface area contributed by atoms with E-state index in [9.17, 15) is 9.59 Å². The molecule has 3 aromatic rings. The highest BCUT2D eigenvalue weighted by atomic mass is 35.5. The molecule has 0 saturated carbocycles. The van der Waals surface area contributed by atoms with Crippen LogP contribution in [0.4, 0.5) is 0 Å². The number of allylic oxidation sites excluding steroid dienone is 3. The number of halogens is 2. The molecule has 0 N–H and O–H groups in total. The van der Waals surface area contributed by atoms with Crippen LogP contribution >= 0.6 is 35.0 Å². The molecule has 5 rings (SSSR count). The fourth-order valence-corrected chi connectivity index (χ4v) is 5.69. The second-order valence-corrected chi connectivity index (χ2v) is 10.7. The number of hydrogen-bond acceptors (Lipinski definition) is 4. The second-order valence-electron chi connectivity index (χ2n) is 8.89. The fraction of sp³-hybridized carbons (Fsp3) is 0.167. The van der Waals surface area contributed by atoms with Gasteiger partial charge in [-0.2, -0.15) is 4.99 Å². The number of thioether (sulfide) groups is 1. The van der Waals surface area contributed by atoms with Crippen molar-refractivity contribution in [1.29, 1.82) is 0 Å². The van der Waals surface area contributed by atoms with E-state index >= 15 is 0 Å². The Hall–Kier alpha value is -3.12. The first-order valence-electron chi connectivity index (χ1n) is 12.1. The van der Waals surface area contributed by atoms with E-state index in [2.05, 4.69) is 9.89 Å². The van der Waals surface area contributed by atoms with E-state index in [0.717, 1.165) is 53.4 Å². The summed E-state index contributed by atoms with van der Waals surface area (Å²) >= 11 is 13.6. The number of rotatable bonds is 6. The minimum Gasteiger partial charge on any atom is -0.351 e. The standard InChI is InChI=1S/C30H24Cl2N2O2S/c31-24-12-8-21(9-13-24)26(28-29(36)33-30(37-28)34-16-4-5-17-34)18-23(20-6-2-1-3-7-20)19-27(35)22-10-14-25(32)15-11-22/h1-3,6-15,18H,4-5,16-17,19H2/b23-18+,28-26+. The first-order valence-corrected chi connectivity index (χ1v) is 13.7. The van der Waals surface area contributed by atoms with Crippen LogP contribution in [0.1, 0.15) is 40.7 Å². The molecule has 186 valence electrons. The number of hydrogen-bond donors (Lipinski definition) is 0. The van der Waals surface area contributed by atoms with Gasteiger partial charge in [0, 0.05) is 40.7 Å². The molecule has 0 bridgehead atoms. The van der Waals surface area contributed by atoms with E-state index in [1.54, 1.807) is 36.4 Å². The van der Waals surface area contributed by atoms with Crippen LogP contribution in [0, 0.1) is 0 Å². The van der Waals surface area contributed by atoms with Gasteiger partial charge in [-0.25, -0.2) is 0 Å². The zero-order valence-corrected chi connectivity index (χ0v) is 22.3. The number of amides is 1. The zero-order chi connectivity index (χ0) is 25.8. The van der Waals surface area contributed by atoms with Crippen LogP contribution in [0.15, 0.2) is 94.8 Å². The third-order valence-corrected chi connectivity index (χ3v) is 7.98. The summed E-state index contributed by atoms with van der Waals surface area (Å²) in [5.41, 5.74) is 3.87. The predicted molar refractivity (Wildman–Crippen MR) is 154 cm³/mol. The molecule has 7 heteroatoms. The maximum atomic E-state index is 13.3. The van der Waals surface area contributed by atoms with Crippen LogP contribution in [0.25, 0.3) is 11.1 Å². The highest BCUT2D eigenvalue weighted by molar-refractivity contribution is 8.18. The normalized spacial score (nSPS) is 17.2. The van der Waals surface area contributed by atoms with Gasteiger partial charge in [0.05, 0.1) is 4.91 Å². The van der Waals surface area contributed by atoms with E-state index < -0.39 is 0 Å². The molecular weight excluding hydrogens is 523 g/mol. The smallest absolute Gasteiger partial charge is 0.286 e. The molecule has 0 atom stereocenters. The van der Waals surface area contributed by atoms with Crippen LogP contribution in [0.5, 0.6) is 0 Å². The monoisotopic (exact) mass is 546 g/mol. The Morgan fingerprint density at radius 1 is 0.838 bits per heavy atom. The molecule has 2 aliphatic rings. The number of carbonyl (C=O) groups excluding carboxylic acids is 2. The van der Waals surface area contributed by atoms with Crippen molar-refractivity contribution >= 4 is 63.0 Å². The summed E-state index contributed by atoms with van der Waals surface area (Å²) in [7, 11) is 0. The minimum atomic E-state index is -0.260. The van der Waals surface area contributed by atoms with Crippen LogP contribution in [0.2, 0.25) is 10.0 Å². The van der Waals surface area contributed by atoms with Crippen LogP contribution in [0.3, 0.4) is 0 Å². The van der Waals surface area contributed by atoms with Crippen molar-refractivity contribution < 1.29 is 9.59 Å². The number of carbonyl (C=O) groups is 2. The predicted octanol–water partition coefficient (Wildman–Crippen LogP) is 7.79. The van der Waals surface area contributed by atoms with Gasteiger partial charge in [0.2, 0.25) is 0 Å². The maximum absolute atomic E-state index is 13.3. The third kappa shape index (κ3) is 6.07. The lowest BCUT2D eigenvalue weighted by Gasteiger charge is -2.16. The van der Waals surface area contributed by atoms with E-state index in [-0.39, 0.29) is 18.1 Å². The molecule has 3 aromatic carbocycles. The molecular formula is C30H24Cl2N2O2S. The molecule has 0 spiro atoms. The van der Waals surface area contributed by atoms with Gasteiger partial charge in [0.15, 0.2) is 11.0 Å². The van der Waals surface area contributed by atoms with E-state index in [4.69, 9.17) is 23.2 Å². The average molecular weight is 548 g/mol. The molecule has 1 saturated heterocycles. The van der Waals surface area contributed by atoms with Crippen molar-refractivity contribution in [3.63, 3.8) is 0 Å². The zero-order valence-electron chi connectivity index (χ0n) is 20.0. The molecule has 0 aliphatic carbocycles. The number of ketones is 1. The first-order chi connectivity index (χ1) is 18.0. The van der Waals surface area contributed by atoms with E-state index in [1.807, 2.05) is 48.5 Å². The van der Waals surface area contributed by atoms with Crippen molar-refractivity contribution in [3.05, 3.63) is 117 Å². The topological polar surface area (TPSA) is 49.7 Å². The number of amidine groups is 1. The van der Waals surface area contributed by atoms with Gasteiger partial charge in [-0.05, 0) is 83.8 Å². The number of nitrogens with zero attached hydrogens (tertiary/aromatic N) is 2. The summed E-state index contributed by atoms with van der Waals surface area (Å²) in [5, 5.41) is 1.93.